The summed E-state index contributed by atoms with van der Waals surface area (Å²) < 4.78 is 12.7. The summed E-state index contributed by atoms with van der Waals surface area (Å²) in [4.78, 5) is 15.0. The highest BCUT2D eigenvalue weighted by atomic mass is 19.1. The fourth-order valence-corrected chi connectivity index (χ4v) is 1.14. The van der Waals surface area contributed by atoms with Gasteiger partial charge in [0.25, 0.3) is 0 Å². The van der Waals surface area contributed by atoms with Crippen LogP contribution in [0.25, 0.3) is 0 Å². The number of nitrogens with zero attached hydrogens (tertiary/aromatic N) is 1. The third kappa shape index (κ3) is 2.60. The van der Waals surface area contributed by atoms with Crippen LogP contribution in [0.5, 0.6) is 0 Å². The van der Waals surface area contributed by atoms with Gasteiger partial charge < -0.3 is 5.11 Å². The number of hydrogen-bond acceptors (Lipinski definition) is 3. The van der Waals surface area contributed by atoms with Crippen molar-refractivity contribution < 1.29 is 14.3 Å². The molecule has 0 fully saturated rings. The van der Waals surface area contributed by atoms with E-state index in [1.165, 1.54) is 6.20 Å². The van der Waals surface area contributed by atoms with Gasteiger partial charge >= 0.3 is 0 Å². The van der Waals surface area contributed by atoms with Crippen molar-refractivity contribution in [1.82, 2.24) is 4.98 Å². The Kier molecular flexibility index (Phi) is 3.71. The van der Waals surface area contributed by atoms with Crippen molar-refractivity contribution in [3.63, 3.8) is 0 Å². The first-order valence-electron chi connectivity index (χ1n) is 4.48. The molecule has 3 nitrogen and oxygen atoms in total. The Bertz CT molecular complexity index is 328. The van der Waals surface area contributed by atoms with Gasteiger partial charge in [-0.1, -0.05) is 13.3 Å². The standard InChI is InChI=1S/C10H12FNO2/c1-2-3-9(13)10(14)7-4-8(11)6-12-5-7/h4-6,9,13H,2-3H2,1H3. The Labute approximate surface area is 81.6 Å². The van der Waals surface area contributed by atoms with Gasteiger partial charge in [-0.25, -0.2) is 4.39 Å². The van der Waals surface area contributed by atoms with E-state index in [0.717, 1.165) is 12.3 Å². The number of carbonyl (C=O) groups excluding carboxylic acids is 1. The highest BCUT2D eigenvalue weighted by Gasteiger charge is 2.16. The number of halogens is 1. The van der Waals surface area contributed by atoms with Crippen LogP contribution in [0.2, 0.25) is 0 Å². The minimum Gasteiger partial charge on any atom is -0.385 e. The van der Waals surface area contributed by atoms with E-state index < -0.39 is 17.7 Å². The predicted molar refractivity (Wildman–Crippen MR) is 49.4 cm³/mol. The zero-order valence-corrected chi connectivity index (χ0v) is 7.90. The molecule has 14 heavy (non-hydrogen) atoms. The van der Waals surface area contributed by atoms with E-state index in [1.807, 2.05) is 6.92 Å². The molecule has 0 amide bonds. The summed E-state index contributed by atoms with van der Waals surface area (Å²) in [5, 5.41) is 9.36. The lowest BCUT2D eigenvalue weighted by Crippen LogP contribution is -2.20. The largest absolute Gasteiger partial charge is 0.385 e. The molecule has 0 aromatic carbocycles. The first-order chi connectivity index (χ1) is 6.65. The molecule has 1 heterocycles. The SMILES string of the molecule is CCCC(O)C(=O)c1cncc(F)c1. The van der Waals surface area contributed by atoms with E-state index in [0.29, 0.717) is 12.8 Å². The Balaban J connectivity index is 2.78. The lowest BCUT2D eigenvalue weighted by Gasteiger charge is -2.07. The molecule has 4 heteroatoms. The third-order valence-electron chi connectivity index (χ3n) is 1.85. The molecule has 0 saturated heterocycles. The molecule has 0 bridgehead atoms. The average Bonchev–Trinajstić information content (AvgIpc) is 2.17. The summed E-state index contributed by atoms with van der Waals surface area (Å²) in [6.45, 7) is 1.86. The van der Waals surface area contributed by atoms with Crippen molar-refractivity contribution in [2.45, 2.75) is 25.9 Å². The highest BCUT2D eigenvalue weighted by molar-refractivity contribution is 5.98. The topological polar surface area (TPSA) is 50.2 Å². The number of Topliss-reactive ketones (excluding diaryl/α,β-unsaturated/α-hetero) is 1. The third-order valence-corrected chi connectivity index (χ3v) is 1.85. The summed E-state index contributed by atoms with van der Waals surface area (Å²) in [5.74, 6) is -1.04. The molecule has 1 N–H and O–H groups in total. The molecular formula is C10H12FNO2. The normalized spacial score (nSPS) is 12.5. The van der Waals surface area contributed by atoms with Gasteiger partial charge in [-0.2, -0.15) is 0 Å². The molecule has 1 rings (SSSR count). The number of rotatable bonds is 4. The van der Waals surface area contributed by atoms with Crippen LogP contribution in [-0.4, -0.2) is 22.0 Å². The summed E-state index contributed by atoms with van der Waals surface area (Å²) in [5.41, 5.74) is 0.117. The Morgan fingerprint density at radius 3 is 2.93 bits per heavy atom. The Morgan fingerprint density at radius 2 is 2.36 bits per heavy atom. The van der Waals surface area contributed by atoms with Gasteiger partial charge in [0.15, 0.2) is 5.78 Å². The van der Waals surface area contributed by atoms with Gasteiger partial charge in [0.05, 0.1) is 6.20 Å². The zero-order valence-electron chi connectivity index (χ0n) is 7.90. The number of aliphatic hydroxyl groups excluding tert-OH is 1. The summed E-state index contributed by atoms with van der Waals surface area (Å²) >= 11 is 0. The maximum Gasteiger partial charge on any atom is 0.192 e. The maximum absolute atomic E-state index is 12.7. The van der Waals surface area contributed by atoms with Crippen LogP contribution in [-0.2, 0) is 0 Å². The Morgan fingerprint density at radius 1 is 1.64 bits per heavy atom. The zero-order chi connectivity index (χ0) is 10.6. The van der Waals surface area contributed by atoms with Crippen LogP contribution in [0, 0.1) is 5.82 Å². The van der Waals surface area contributed by atoms with Crippen molar-refractivity contribution in [3.8, 4) is 0 Å². The number of aromatic nitrogens is 1. The van der Waals surface area contributed by atoms with Crippen molar-refractivity contribution in [1.29, 1.82) is 0 Å². The molecule has 76 valence electrons. The van der Waals surface area contributed by atoms with Crippen molar-refractivity contribution in [2.75, 3.05) is 0 Å². The van der Waals surface area contributed by atoms with Crippen LogP contribution in [0.1, 0.15) is 30.1 Å². The molecule has 1 atom stereocenters. The summed E-state index contributed by atoms with van der Waals surface area (Å²) in [6.07, 6.45) is 2.31. The quantitative estimate of drug-likeness (QED) is 0.745. The highest BCUT2D eigenvalue weighted by Crippen LogP contribution is 2.08. The molecule has 0 spiro atoms. The van der Waals surface area contributed by atoms with E-state index in [-0.39, 0.29) is 5.56 Å². The van der Waals surface area contributed by atoms with E-state index in [1.54, 1.807) is 0 Å². The van der Waals surface area contributed by atoms with Gasteiger partial charge in [0.1, 0.15) is 11.9 Å². The van der Waals surface area contributed by atoms with E-state index in [9.17, 15) is 14.3 Å². The fourth-order valence-electron chi connectivity index (χ4n) is 1.14. The van der Waals surface area contributed by atoms with E-state index >= 15 is 0 Å². The molecule has 0 aliphatic rings. The second-order valence-electron chi connectivity index (χ2n) is 3.06. The number of carbonyl (C=O) groups is 1. The van der Waals surface area contributed by atoms with Crippen molar-refractivity contribution in [3.05, 3.63) is 29.8 Å². The molecule has 0 aliphatic heterocycles. The fraction of sp³-hybridized carbons (Fsp3) is 0.400. The van der Waals surface area contributed by atoms with Crippen LogP contribution in [0.15, 0.2) is 18.5 Å². The van der Waals surface area contributed by atoms with Crippen molar-refractivity contribution in [2.24, 2.45) is 0 Å². The first kappa shape index (κ1) is 10.8. The smallest absolute Gasteiger partial charge is 0.192 e. The molecular weight excluding hydrogens is 185 g/mol. The van der Waals surface area contributed by atoms with Crippen LogP contribution in [0.3, 0.4) is 0 Å². The lowest BCUT2D eigenvalue weighted by atomic mass is 10.0. The van der Waals surface area contributed by atoms with E-state index in [4.69, 9.17) is 0 Å². The number of ketones is 1. The molecule has 1 aromatic heterocycles. The summed E-state index contributed by atoms with van der Waals surface area (Å²) in [6, 6.07) is 1.08. The predicted octanol–water partition coefficient (Wildman–Crippen LogP) is 1.56. The van der Waals surface area contributed by atoms with Gasteiger partial charge in [-0.15, -0.1) is 0 Å². The minimum absolute atomic E-state index is 0.117. The molecule has 1 aromatic rings. The van der Waals surface area contributed by atoms with Crippen molar-refractivity contribution >= 4 is 5.78 Å². The monoisotopic (exact) mass is 197 g/mol. The maximum atomic E-state index is 12.7. The number of pyridine rings is 1. The van der Waals surface area contributed by atoms with Gasteiger partial charge in [-0.05, 0) is 12.5 Å². The average molecular weight is 197 g/mol. The lowest BCUT2D eigenvalue weighted by molar-refractivity contribution is 0.0728. The molecule has 1 unspecified atom stereocenters. The van der Waals surface area contributed by atoms with Crippen LogP contribution >= 0.6 is 0 Å². The van der Waals surface area contributed by atoms with E-state index in [2.05, 4.69) is 4.98 Å². The second-order valence-corrected chi connectivity index (χ2v) is 3.06. The Hall–Kier alpha value is -1.29. The second kappa shape index (κ2) is 4.81. The molecule has 0 radical (unpaired) electrons. The molecule has 0 aliphatic carbocycles. The molecule has 0 saturated carbocycles. The van der Waals surface area contributed by atoms with Gasteiger partial charge in [0, 0.05) is 11.8 Å². The number of aliphatic hydroxyl groups is 1. The van der Waals surface area contributed by atoms with Crippen LogP contribution < -0.4 is 0 Å². The van der Waals surface area contributed by atoms with Gasteiger partial charge in [0.2, 0.25) is 0 Å². The summed E-state index contributed by atoms with van der Waals surface area (Å²) in [7, 11) is 0. The van der Waals surface area contributed by atoms with Gasteiger partial charge in [-0.3, -0.25) is 9.78 Å². The minimum atomic E-state index is -1.05. The first-order valence-corrected chi connectivity index (χ1v) is 4.48. The van der Waals surface area contributed by atoms with Crippen LogP contribution in [0.4, 0.5) is 4.39 Å². The number of hydrogen-bond donors (Lipinski definition) is 1.